The Morgan fingerprint density at radius 1 is 0.760 bits per heavy atom. The van der Waals surface area contributed by atoms with E-state index in [0.717, 1.165) is 161 Å². The normalized spacial score (nSPS) is 20.5. The van der Waals surface area contributed by atoms with E-state index in [-0.39, 0.29) is 35.9 Å². The quantitative estimate of drug-likeness (QED) is 0.102. The van der Waals surface area contributed by atoms with Crippen molar-refractivity contribution in [2.75, 3.05) is 31.2 Å². The number of aryl methyl sites for hydroxylation is 2. The van der Waals surface area contributed by atoms with E-state index in [1.54, 1.807) is 35.1 Å². The van der Waals surface area contributed by atoms with Crippen LogP contribution in [0.15, 0.2) is 113 Å². The molecule has 0 amide bonds. The average molecular weight is 1040 g/mol. The Morgan fingerprint density at radius 2 is 1.44 bits per heavy atom. The number of rotatable bonds is 13. The lowest BCUT2D eigenvalue weighted by Crippen LogP contribution is -2.51. The molecule has 384 valence electrons. The molecule has 75 heavy (non-hydrogen) atoms. The molecule has 1 saturated carbocycles. The number of hydrogen-bond acceptors (Lipinski definition) is 14. The number of thiophene rings is 2. The largest absolute Gasteiger partial charge is 0.490 e. The van der Waals surface area contributed by atoms with Crippen molar-refractivity contribution in [2.24, 2.45) is 10.4 Å². The molecule has 0 N–H and O–H groups in total. The van der Waals surface area contributed by atoms with Crippen LogP contribution in [0.3, 0.4) is 0 Å². The number of carbonyl (C=O) groups excluding carboxylic acids is 1. The van der Waals surface area contributed by atoms with Gasteiger partial charge in [-0.05, 0) is 180 Å². The summed E-state index contributed by atoms with van der Waals surface area (Å²) < 4.78 is 39.7. The van der Waals surface area contributed by atoms with Gasteiger partial charge in [0.05, 0.1) is 37.6 Å². The number of hydrogen-bond donors (Lipinski definition) is 0. The first-order valence-corrected chi connectivity index (χ1v) is 28.2. The molecule has 13 rings (SSSR count). The van der Waals surface area contributed by atoms with Crippen LogP contribution >= 0.6 is 22.7 Å². The van der Waals surface area contributed by atoms with E-state index < -0.39 is 0 Å². The summed E-state index contributed by atoms with van der Waals surface area (Å²) >= 11 is 3.37. The predicted molar refractivity (Wildman–Crippen MR) is 292 cm³/mol. The molecule has 4 aromatic heterocycles. The minimum Gasteiger partial charge on any atom is -0.490 e. The SMILES string of the molecule is Cc1sc2c(c1C)C(c1ccc(OC3CC4(CCN(c5ccc(C(=O)c6c(-c7ccc(OC8CCCCO8)cc7)sc7cc(OC8CCCCO8)ccc67)cc5)CC4)C3)cc1)=NC(Cc1ncco1)c1nnc(C)n1-2. The molecule has 3 atom stereocenters. The predicted octanol–water partition coefficient (Wildman–Crippen LogP) is 13.1. The van der Waals surface area contributed by atoms with Crippen LogP contribution in [0.1, 0.15) is 125 Å². The summed E-state index contributed by atoms with van der Waals surface area (Å²) in [5.41, 5.74) is 8.05. The molecule has 4 aromatic carbocycles. The molecule has 4 fully saturated rings. The second kappa shape index (κ2) is 20.1. The molecule has 5 aliphatic rings. The summed E-state index contributed by atoms with van der Waals surface area (Å²) in [5, 5.41) is 11.1. The zero-order chi connectivity index (χ0) is 50.6. The summed E-state index contributed by atoms with van der Waals surface area (Å²) in [5.74, 6) is 4.63. The number of aliphatic imine (C=N–C) groups is 1. The van der Waals surface area contributed by atoms with E-state index in [4.69, 9.17) is 33.1 Å². The molecular weight excluding hydrogens is 981 g/mol. The van der Waals surface area contributed by atoms with Crippen LogP contribution in [0.25, 0.3) is 25.5 Å². The minimum atomic E-state index is -0.321. The van der Waals surface area contributed by atoms with Crippen molar-refractivity contribution in [2.45, 2.75) is 116 Å². The Hall–Kier alpha value is -6.65. The molecule has 13 nitrogen and oxygen atoms in total. The summed E-state index contributed by atoms with van der Waals surface area (Å²) in [7, 11) is 0. The highest BCUT2D eigenvalue weighted by molar-refractivity contribution is 7.22. The highest BCUT2D eigenvalue weighted by Crippen LogP contribution is 2.51. The molecular formula is C60H60N6O7S2. The Bertz CT molecular complexity index is 3370. The van der Waals surface area contributed by atoms with E-state index >= 15 is 0 Å². The Morgan fingerprint density at radius 3 is 2.12 bits per heavy atom. The maximum atomic E-state index is 14.8. The molecule has 15 heteroatoms. The molecule has 0 radical (unpaired) electrons. The van der Waals surface area contributed by atoms with Crippen molar-refractivity contribution in [1.29, 1.82) is 0 Å². The zero-order valence-corrected chi connectivity index (χ0v) is 44.2. The maximum Gasteiger partial charge on any atom is 0.199 e. The first-order chi connectivity index (χ1) is 36.7. The Labute approximate surface area is 444 Å². The number of aromatic nitrogens is 4. The number of anilines is 1. The zero-order valence-electron chi connectivity index (χ0n) is 42.6. The topological polar surface area (TPSA) is 136 Å². The second-order valence-electron chi connectivity index (χ2n) is 20.9. The standard InChI is InChI=1S/C60H60N6O7S2/c1-36-37(2)74-59-53(36)55(62-48(33-50-61-26-31-68-50)58-64-63-38(3)66(58)59)39-12-18-43(19-13-39)71-46-34-60(35-46)24-27-65(28-25-60)42-16-10-40(11-17-42)56(67)54-47-23-22-45(73-52-9-5-7-30-70-52)32-49(47)75-57(54)41-14-20-44(21-15-41)72-51-8-4-6-29-69-51/h10-23,26,31-32,46,48,51-52H,4-9,24-25,27-30,33-35H2,1-3H3. The minimum absolute atomic E-state index is 0.00414. The summed E-state index contributed by atoms with van der Waals surface area (Å²) in [6.07, 6.45) is 13.8. The van der Waals surface area contributed by atoms with Gasteiger partial charge in [-0.2, -0.15) is 0 Å². The Kier molecular flexibility index (Phi) is 12.9. The van der Waals surface area contributed by atoms with Gasteiger partial charge in [0.15, 0.2) is 30.1 Å². The second-order valence-corrected chi connectivity index (χ2v) is 23.1. The number of ether oxygens (including phenoxy) is 5. The third-order valence-electron chi connectivity index (χ3n) is 16.0. The Balaban J connectivity index is 0.668. The molecule has 3 saturated heterocycles. The molecule has 3 unspecified atom stereocenters. The van der Waals surface area contributed by atoms with Gasteiger partial charge in [0, 0.05) is 73.7 Å². The highest BCUT2D eigenvalue weighted by atomic mass is 32.1. The third-order valence-corrected chi connectivity index (χ3v) is 18.4. The smallest absolute Gasteiger partial charge is 0.199 e. The number of oxazole rings is 1. The summed E-state index contributed by atoms with van der Waals surface area (Å²) in [4.78, 5) is 29.2. The number of nitrogens with zero attached hydrogens (tertiary/aromatic N) is 6. The number of piperidine rings is 1. The van der Waals surface area contributed by atoms with Crippen LogP contribution in [0, 0.1) is 26.2 Å². The van der Waals surface area contributed by atoms with Crippen molar-refractivity contribution in [3.63, 3.8) is 0 Å². The van der Waals surface area contributed by atoms with Crippen molar-refractivity contribution in [1.82, 2.24) is 19.7 Å². The van der Waals surface area contributed by atoms with Crippen LogP contribution in [-0.2, 0) is 15.9 Å². The number of carbonyl (C=O) groups is 1. The first-order valence-electron chi connectivity index (χ1n) is 26.6. The van der Waals surface area contributed by atoms with Gasteiger partial charge < -0.3 is 33.0 Å². The van der Waals surface area contributed by atoms with Crippen LogP contribution in [0.2, 0.25) is 0 Å². The van der Waals surface area contributed by atoms with E-state index in [1.807, 2.05) is 43.3 Å². The highest BCUT2D eigenvalue weighted by Gasteiger charge is 2.47. The molecule has 1 aliphatic carbocycles. The fourth-order valence-electron chi connectivity index (χ4n) is 11.7. The van der Waals surface area contributed by atoms with Crippen molar-refractivity contribution >= 4 is 49.9 Å². The molecule has 0 bridgehead atoms. The third kappa shape index (κ3) is 9.46. The molecule has 8 aromatic rings. The molecule has 4 aliphatic heterocycles. The van der Waals surface area contributed by atoms with Crippen LogP contribution in [0.5, 0.6) is 17.2 Å². The van der Waals surface area contributed by atoms with Gasteiger partial charge in [0.25, 0.3) is 0 Å². The van der Waals surface area contributed by atoms with Gasteiger partial charge >= 0.3 is 0 Å². The average Bonchev–Trinajstić information content (AvgIpc) is 4.23. The van der Waals surface area contributed by atoms with E-state index in [0.29, 0.717) is 30.0 Å². The lowest BCUT2D eigenvalue weighted by atomic mass is 9.61. The maximum absolute atomic E-state index is 14.8. The van der Waals surface area contributed by atoms with E-state index in [2.05, 4.69) is 93.1 Å². The first kappa shape index (κ1) is 48.0. The summed E-state index contributed by atoms with van der Waals surface area (Å²) in [6, 6.07) is 30.5. The van der Waals surface area contributed by atoms with Crippen molar-refractivity contribution in [3.05, 3.63) is 154 Å². The lowest BCUT2D eigenvalue weighted by molar-refractivity contribution is -0.106. The number of fused-ring (bicyclic) bond motifs is 4. The summed E-state index contributed by atoms with van der Waals surface area (Å²) in [6.45, 7) is 9.71. The molecule has 8 heterocycles. The number of ketones is 1. The fourth-order valence-corrected chi connectivity index (χ4v) is 14.2. The van der Waals surface area contributed by atoms with Gasteiger partial charge in [-0.25, -0.2) is 4.98 Å². The fraction of sp³-hybridized carbons (Fsp3) is 0.383. The van der Waals surface area contributed by atoms with Gasteiger partial charge in [0.2, 0.25) is 0 Å². The van der Waals surface area contributed by atoms with Crippen LogP contribution in [-0.4, -0.2) is 76.2 Å². The monoisotopic (exact) mass is 1040 g/mol. The van der Waals surface area contributed by atoms with Gasteiger partial charge in [-0.3, -0.25) is 14.4 Å². The van der Waals surface area contributed by atoms with Crippen LogP contribution < -0.4 is 19.1 Å². The van der Waals surface area contributed by atoms with Crippen molar-refractivity contribution < 1.29 is 32.9 Å². The lowest BCUT2D eigenvalue weighted by Gasteiger charge is -2.52. The van der Waals surface area contributed by atoms with Gasteiger partial charge in [-0.15, -0.1) is 32.9 Å². The van der Waals surface area contributed by atoms with Gasteiger partial charge in [-0.1, -0.05) is 0 Å². The van der Waals surface area contributed by atoms with Crippen molar-refractivity contribution in [3.8, 4) is 32.7 Å². The van der Waals surface area contributed by atoms with E-state index in [1.165, 1.54) is 10.4 Å². The van der Waals surface area contributed by atoms with Gasteiger partial charge in [0.1, 0.15) is 40.4 Å². The van der Waals surface area contributed by atoms with Crippen LogP contribution in [0.4, 0.5) is 5.69 Å². The molecule has 1 spiro atoms. The number of benzene rings is 4. The van der Waals surface area contributed by atoms with E-state index in [9.17, 15) is 4.79 Å².